The SMILES string of the molecule is CCC[C@@H](C[C@H](C)C(=O)OC)C(=O)OC. The molecule has 4 heteroatoms. The van der Waals surface area contributed by atoms with Gasteiger partial charge in [0.25, 0.3) is 0 Å². The van der Waals surface area contributed by atoms with E-state index in [9.17, 15) is 9.59 Å². The van der Waals surface area contributed by atoms with Gasteiger partial charge in [-0.1, -0.05) is 20.3 Å². The normalized spacial score (nSPS) is 14.1. The summed E-state index contributed by atoms with van der Waals surface area (Å²) in [6.45, 7) is 3.76. The molecule has 4 nitrogen and oxygen atoms in total. The van der Waals surface area contributed by atoms with Gasteiger partial charge in [0.15, 0.2) is 0 Å². The average molecular weight is 216 g/mol. The quantitative estimate of drug-likeness (QED) is 0.635. The van der Waals surface area contributed by atoms with E-state index >= 15 is 0 Å². The maximum Gasteiger partial charge on any atom is 0.308 e. The van der Waals surface area contributed by atoms with Crippen molar-refractivity contribution in [3.8, 4) is 0 Å². The standard InChI is InChI=1S/C11H20O4/c1-5-6-9(11(13)15-4)7-8(2)10(12)14-3/h8-9H,5-7H2,1-4H3/t8-,9-/m0/s1. The van der Waals surface area contributed by atoms with Gasteiger partial charge in [0, 0.05) is 0 Å². The molecule has 2 atom stereocenters. The van der Waals surface area contributed by atoms with Crippen molar-refractivity contribution in [3.63, 3.8) is 0 Å². The van der Waals surface area contributed by atoms with Gasteiger partial charge in [-0.05, 0) is 12.8 Å². The maximum absolute atomic E-state index is 11.4. The highest BCUT2D eigenvalue weighted by Crippen LogP contribution is 2.19. The van der Waals surface area contributed by atoms with Gasteiger partial charge < -0.3 is 9.47 Å². The zero-order valence-corrected chi connectivity index (χ0v) is 9.91. The van der Waals surface area contributed by atoms with Crippen LogP contribution in [0.1, 0.15) is 33.1 Å². The molecule has 0 amide bonds. The first kappa shape index (κ1) is 13.9. The van der Waals surface area contributed by atoms with E-state index in [-0.39, 0.29) is 23.8 Å². The monoisotopic (exact) mass is 216 g/mol. The first-order valence-electron chi connectivity index (χ1n) is 5.22. The molecule has 0 fully saturated rings. The topological polar surface area (TPSA) is 52.6 Å². The van der Waals surface area contributed by atoms with Crippen molar-refractivity contribution in [2.45, 2.75) is 33.1 Å². The van der Waals surface area contributed by atoms with Crippen molar-refractivity contribution in [3.05, 3.63) is 0 Å². The van der Waals surface area contributed by atoms with Crippen LogP contribution in [0, 0.1) is 11.8 Å². The Morgan fingerprint density at radius 3 is 2.07 bits per heavy atom. The van der Waals surface area contributed by atoms with E-state index in [1.807, 2.05) is 6.92 Å². The first-order valence-corrected chi connectivity index (χ1v) is 5.22. The second kappa shape index (κ2) is 7.26. The van der Waals surface area contributed by atoms with E-state index in [1.54, 1.807) is 6.92 Å². The Morgan fingerprint density at radius 1 is 1.13 bits per heavy atom. The fourth-order valence-electron chi connectivity index (χ4n) is 1.57. The van der Waals surface area contributed by atoms with Crippen molar-refractivity contribution < 1.29 is 19.1 Å². The Balaban J connectivity index is 4.27. The van der Waals surface area contributed by atoms with Crippen LogP contribution in [0.15, 0.2) is 0 Å². The Morgan fingerprint density at radius 2 is 1.67 bits per heavy atom. The molecule has 0 aromatic carbocycles. The number of ether oxygens (including phenoxy) is 2. The van der Waals surface area contributed by atoms with Gasteiger partial charge in [0.1, 0.15) is 0 Å². The van der Waals surface area contributed by atoms with E-state index < -0.39 is 0 Å². The minimum atomic E-state index is -0.278. The third kappa shape index (κ3) is 4.81. The lowest BCUT2D eigenvalue weighted by atomic mass is 9.92. The van der Waals surface area contributed by atoms with E-state index in [1.165, 1.54) is 14.2 Å². The van der Waals surface area contributed by atoms with Gasteiger partial charge in [-0.15, -0.1) is 0 Å². The van der Waals surface area contributed by atoms with Crippen LogP contribution in [-0.4, -0.2) is 26.2 Å². The summed E-state index contributed by atoms with van der Waals surface area (Å²) in [5.74, 6) is -0.979. The van der Waals surface area contributed by atoms with Crippen LogP contribution in [0.2, 0.25) is 0 Å². The number of rotatable bonds is 6. The fraction of sp³-hybridized carbons (Fsp3) is 0.818. The van der Waals surface area contributed by atoms with Crippen LogP contribution in [-0.2, 0) is 19.1 Å². The van der Waals surface area contributed by atoms with Gasteiger partial charge in [-0.25, -0.2) is 0 Å². The summed E-state index contributed by atoms with van der Waals surface area (Å²) < 4.78 is 9.30. The lowest BCUT2D eigenvalue weighted by Crippen LogP contribution is -2.23. The minimum absolute atomic E-state index is 0.200. The summed E-state index contributed by atoms with van der Waals surface area (Å²) in [6.07, 6.45) is 2.13. The lowest BCUT2D eigenvalue weighted by molar-refractivity contribution is -0.149. The van der Waals surface area contributed by atoms with Gasteiger partial charge in [0.05, 0.1) is 26.1 Å². The maximum atomic E-state index is 11.4. The summed E-state index contributed by atoms with van der Waals surface area (Å²) in [5.41, 5.74) is 0. The summed E-state index contributed by atoms with van der Waals surface area (Å²) in [5, 5.41) is 0. The highest BCUT2D eigenvalue weighted by Gasteiger charge is 2.24. The lowest BCUT2D eigenvalue weighted by Gasteiger charge is -2.16. The Kier molecular flexibility index (Phi) is 6.75. The molecule has 15 heavy (non-hydrogen) atoms. The fourth-order valence-corrected chi connectivity index (χ4v) is 1.57. The second-order valence-electron chi connectivity index (χ2n) is 3.67. The predicted molar refractivity (Wildman–Crippen MR) is 56.2 cm³/mol. The van der Waals surface area contributed by atoms with Crippen molar-refractivity contribution in [2.75, 3.05) is 14.2 Å². The zero-order valence-electron chi connectivity index (χ0n) is 9.91. The third-order valence-corrected chi connectivity index (χ3v) is 2.41. The highest BCUT2D eigenvalue weighted by atomic mass is 16.5. The Labute approximate surface area is 90.9 Å². The molecular weight excluding hydrogens is 196 g/mol. The molecule has 0 aliphatic rings. The van der Waals surface area contributed by atoms with Crippen LogP contribution in [0.4, 0.5) is 0 Å². The highest BCUT2D eigenvalue weighted by molar-refractivity contribution is 5.75. The second-order valence-corrected chi connectivity index (χ2v) is 3.67. The number of carbonyl (C=O) groups is 2. The van der Waals surface area contributed by atoms with Gasteiger partial charge in [-0.2, -0.15) is 0 Å². The summed E-state index contributed by atoms with van der Waals surface area (Å²) >= 11 is 0. The molecule has 0 aromatic heterocycles. The van der Waals surface area contributed by atoms with Crippen LogP contribution in [0.25, 0.3) is 0 Å². The van der Waals surface area contributed by atoms with Crippen LogP contribution < -0.4 is 0 Å². The molecule has 0 spiro atoms. The third-order valence-electron chi connectivity index (χ3n) is 2.41. The number of hydrogen-bond donors (Lipinski definition) is 0. The van der Waals surface area contributed by atoms with Crippen molar-refractivity contribution in [1.29, 1.82) is 0 Å². The van der Waals surface area contributed by atoms with Crippen LogP contribution in [0.5, 0.6) is 0 Å². The Bertz CT molecular complexity index is 213. The van der Waals surface area contributed by atoms with E-state index in [2.05, 4.69) is 9.47 Å². The Hall–Kier alpha value is -1.06. The van der Waals surface area contributed by atoms with E-state index in [0.29, 0.717) is 6.42 Å². The number of hydrogen-bond acceptors (Lipinski definition) is 4. The summed E-state index contributed by atoms with van der Waals surface area (Å²) in [6, 6.07) is 0. The van der Waals surface area contributed by atoms with Crippen LogP contribution in [0.3, 0.4) is 0 Å². The summed E-state index contributed by atoms with van der Waals surface area (Å²) in [7, 11) is 2.72. The molecular formula is C11H20O4. The predicted octanol–water partition coefficient (Wildman–Crippen LogP) is 1.77. The van der Waals surface area contributed by atoms with Crippen LogP contribution >= 0.6 is 0 Å². The molecule has 0 radical (unpaired) electrons. The molecule has 88 valence electrons. The van der Waals surface area contributed by atoms with Gasteiger partial charge in [-0.3, -0.25) is 9.59 Å². The number of methoxy groups -OCH3 is 2. The van der Waals surface area contributed by atoms with E-state index in [4.69, 9.17) is 0 Å². The molecule has 0 rings (SSSR count). The number of esters is 2. The molecule has 0 heterocycles. The molecule has 0 N–H and O–H groups in total. The average Bonchev–Trinajstić information content (AvgIpc) is 2.26. The van der Waals surface area contributed by atoms with Crippen molar-refractivity contribution in [1.82, 2.24) is 0 Å². The molecule has 0 aromatic rings. The van der Waals surface area contributed by atoms with E-state index in [0.717, 1.165) is 12.8 Å². The molecule has 0 bridgehead atoms. The largest absolute Gasteiger partial charge is 0.469 e. The smallest absolute Gasteiger partial charge is 0.308 e. The first-order chi connectivity index (χ1) is 7.06. The molecule has 0 aliphatic heterocycles. The zero-order chi connectivity index (χ0) is 11.8. The molecule has 0 saturated carbocycles. The number of carbonyl (C=O) groups excluding carboxylic acids is 2. The van der Waals surface area contributed by atoms with Crippen molar-refractivity contribution >= 4 is 11.9 Å². The molecule has 0 saturated heterocycles. The molecule has 0 aliphatic carbocycles. The van der Waals surface area contributed by atoms with Crippen molar-refractivity contribution in [2.24, 2.45) is 11.8 Å². The summed E-state index contributed by atoms with van der Waals surface area (Å²) in [4.78, 5) is 22.6. The molecule has 0 unspecified atom stereocenters. The minimum Gasteiger partial charge on any atom is -0.469 e. The van der Waals surface area contributed by atoms with Gasteiger partial charge >= 0.3 is 11.9 Å². The van der Waals surface area contributed by atoms with Gasteiger partial charge in [0.2, 0.25) is 0 Å².